The molecule has 2 aromatic carbocycles. The third kappa shape index (κ3) is 4.13. The zero-order valence-electron chi connectivity index (χ0n) is 13.9. The number of rotatable bonds is 4. The van der Waals surface area contributed by atoms with Gasteiger partial charge in [0.25, 0.3) is 5.91 Å². The van der Waals surface area contributed by atoms with Crippen LogP contribution in [0, 0.1) is 5.82 Å². The zero-order valence-corrected chi connectivity index (χ0v) is 16.3. The summed E-state index contributed by atoms with van der Waals surface area (Å²) in [5.41, 5.74) is 0.177. The molecule has 8 heteroatoms. The van der Waals surface area contributed by atoms with Crippen molar-refractivity contribution < 1.29 is 17.6 Å². The first-order chi connectivity index (χ1) is 12.4. The Bertz CT molecular complexity index is 928. The second kappa shape index (κ2) is 7.85. The SMILES string of the molecule is O=C(Nc1cccc(S(=O)(=O)N2CCCCC2)c1)c1cc(Br)ccc1F. The van der Waals surface area contributed by atoms with Crippen LogP contribution in [-0.4, -0.2) is 31.7 Å². The minimum absolute atomic E-state index is 0.118. The molecular formula is C18H18BrFN2O3S. The molecule has 0 aromatic heterocycles. The number of halogens is 2. The van der Waals surface area contributed by atoms with Crippen LogP contribution in [0.3, 0.4) is 0 Å². The maximum Gasteiger partial charge on any atom is 0.258 e. The van der Waals surface area contributed by atoms with E-state index < -0.39 is 21.7 Å². The first-order valence-corrected chi connectivity index (χ1v) is 10.5. The van der Waals surface area contributed by atoms with E-state index in [0.29, 0.717) is 23.2 Å². The third-order valence-corrected chi connectivity index (χ3v) is 6.61. The van der Waals surface area contributed by atoms with E-state index >= 15 is 0 Å². The van der Waals surface area contributed by atoms with Crippen molar-refractivity contribution in [3.63, 3.8) is 0 Å². The average Bonchev–Trinajstić information content (AvgIpc) is 2.64. The van der Waals surface area contributed by atoms with Crippen LogP contribution >= 0.6 is 15.9 Å². The zero-order chi connectivity index (χ0) is 18.7. The summed E-state index contributed by atoms with van der Waals surface area (Å²) >= 11 is 3.20. The molecule has 1 amide bonds. The van der Waals surface area contributed by atoms with Gasteiger partial charge in [0, 0.05) is 23.2 Å². The first kappa shape index (κ1) is 19.0. The lowest BCUT2D eigenvalue weighted by atomic mass is 10.2. The predicted octanol–water partition coefficient (Wildman–Crippen LogP) is 4.02. The van der Waals surface area contributed by atoms with Gasteiger partial charge in [-0.3, -0.25) is 4.79 Å². The van der Waals surface area contributed by atoms with Gasteiger partial charge in [0.05, 0.1) is 10.5 Å². The molecule has 26 heavy (non-hydrogen) atoms. The highest BCUT2D eigenvalue weighted by Gasteiger charge is 2.26. The van der Waals surface area contributed by atoms with E-state index in [4.69, 9.17) is 0 Å². The summed E-state index contributed by atoms with van der Waals surface area (Å²) in [5, 5.41) is 2.56. The lowest BCUT2D eigenvalue weighted by molar-refractivity contribution is 0.102. The number of benzene rings is 2. The smallest absolute Gasteiger partial charge is 0.258 e. The van der Waals surface area contributed by atoms with Crippen LogP contribution in [0.5, 0.6) is 0 Å². The number of sulfonamides is 1. The molecule has 1 saturated heterocycles. The number of amides is 1. The molecule has 0 atom stereocenters. The molecule has 0 unspecified atom stereocenters. The summed E-state index contributed by atoms with van der Waals surface area (Å²) in [6.45, 7) is 1.00. The summed E-state index contributed by atoms with van der Waals surface area (Å²) in [6, 6.07) is 10.1. The second-order valence-corrected chi connectivity index (χ2v) is 8.92. The van der Waals surface area contributed by atoms with E-state index in [1.807, 2.05) is 0 Å². The van der Waals surface area contributed by atoms with Crippen LogP contribution in [0.4, 0.5) is 10.1 Å². The number of carbonyl (C=O) groups is 1. The van der Waals surface area contributed by atoms with Crippen molar-refractivity contribution in [1.82, 2.24) is 4.31 Å². The molecule has 1 heterocycles. The third-order valence-electron chi connectivity index (χ3n) is 4.22. The highest BCUT2D eigenvalue weighted by Crippen LogP contribution is 2.24. The quantitative estimate of drug-likeness (QED) is 0.780. The molecule has 0 saturated carbocycles. The van der Waals surface area contributed by atoms with E-state index in [0.717, 1.165) is 19.3 Å². The minimum Gasteiger partial charge on any atom is -0.322 e. The summed E-state index contributed by atoms with van der Waals surface area (Å²) in [5.74, 6) is -1.29. The first-order valence-electron chi connectivity index (χ1n) is 8.24. The molecule has 0 bridgehead atoms. The number of hydrogen-bond donors (Lipinski definition) is 1. The average molecular weight is 441 g/mol. The van der Waals surface area contributed by atoms with Gasteiger partial charge in [0.2, 0.25) is 10.0 Å². The lowest BCUT2D eigenvalue weighted by Crippen LogP contribution is -2.35. The fourth-order valence-electron chi connectivity index (χ4n) is 2.86. The van der Waals surface area contributed by atoms with Crippen molar-refractivity contribution in [2.24, 2.45) is 0 Å². The molecule has 0 radical (unpaired) electrons. The van der Waals surface area contributed by atoms with Crippen LogP contribution in [0.15, 0.2) is 51.8 Å². The number of anilines is 1. The Morgan fingerprint density at radius 1 is 1.08 bits per heavy atom. The molecule has 1 aliphatic rings. The minimum atomic E-state index is -3.60. The Morgan fingerprint density at radius 2 is 1.81 bits per heavy atom. The molecule has 1 aliphatic heterocycles. The summed E-state index contributed by atoms with van der Waals surface area (Å²) in [4.78, 5) is 12.4. The number of carbonyl (C=O) groups excluding carboxylic acids is 1. The predicted molar refractivity (Wildman–Crippen MR) is 101 cm³/mol. The van der Waals surface area contributed by atoms with E-state index in [2.05, 4.69) is 21.2 Å². The van der Waals surface area contributed by atoms with Crippen LogP contribution in [0.1, 0.15) is 29.6 Å². The Labute approximate surface area is 160 Å². The van der Waals surface area contributed by atoms with Crippen molar-refractivity contribution >= 4 is 37.5 Å². The van der Waals surface area contributed by atoms with Gasteiger partial charge in [0.15, 0.2) is 0 Å². The molecule has 1 fully saturated rings. The van der Waals surface area contributed by atoms with Crippen molar-refractivity contribution in [3.05, 3.63) is 58.3 Å². The fraction of sp³-hybridized carbons (Fsp3) is 0.278. The molecular weight excluding hydrogens is 423 g/mol. The lowest BCUT2D eigenvalue weighted by Gasteiger charge is -2.26. The fourth-order valence-corrected chi connectivity index (χ4v) is 4.78. The van der Waals surface area contributed by atoms with Crippen molar-refractivity contribution in [3.8, 4) is 0 Å². The monoisotopic (exact) mass is 440 g/mol. The maximum absolute atomic E-state index is 13.8. The molecule has 2 aromatic rings. The van der Waals surface area contributed by atoms with Crippen molar-refractivity contribution in [2.45, 2.75) is 24.2 Å². The van der Waals surface area contributed by atoms with E-state index in [1.54, 1.807) is 12.1 Å². The largest absolute Gasteiger partial charge is 0.322 e. The van der Waals surface area contributed by atoms with Crippen LogP contribution < -0.4 is 5.32 Å². The highest BCUT2D eigenvalue weighted by atomic mass is 79.9. The highest BCUT2D eigenvalue weighted by molar-refractivity contribution is 9.10. The number of hydrogen-bond acceptors (Lipinski definition) is 3. The van der Waals surface area contributed by atoms with Gasteiger partial charge in [-0.25, -0.2) is 12.8 Å². The van der Waals surface area contributed by atoms with E-state index in [-0.39, 0.29) is 10.5 Å². The summed E-state index contributed by atoms with van der Waals surface area (Å²) in [6.07, 6.45) is 2.72. The summed E-state index contributed by atoms with van der Waals surface area (Å²) in [7, 11) is -3.60. The van der Waals surface area contributed by atoms with E-state index in [9.17, 15) is 17.6 Å². The Kier molecular flexibility index (Phi) is 5.74. The summed E-state index contributed by atoms with van der Waals surface area (Å²) < 4.78 is 41.4. The van der Waals surface area contributed by atoms with Crippen LogP contribution in [0.25, 0.3) is 0 Å². The number of nitrogens with zero attached hydrogens (tertiary/aromatic N) is 1. The molecule has 5 nitrogen and oxygen atoms in total. The van der Waals surface area contributed by atoms with Gasteiger partial charge in [-0.2, -0.15) is 4.31 Å². The molecule has 1 N–H and O–H groups in total. The second-order valence-electron chi connectivity index (χ2n) is 6.07. The number of piperidine rings is 1. The maximum atomic E-state index is 13.8. The molecule has 138 valence electrons. The standard InChI is InChI=1S/C18H18BrFN2O3S/c19-13-7-8-17(20)16(11-13)18(23)21-14-5-4-6-15(12-14)26(24,25)22-9-2-1-3-10-22/h4-8,11-12H,1-3,9-10H2,(H,21,23). The van der Waals surface area contributed by atoms with Gasteiger partial charge >= 0.3 is 0 Å². The van der Waals surface area contributed by atoms with E-state index in [1.165, 1.54) is 34.6 Å². The van der Waals surface area contributed by atoms with Gasteiger partial charge < -0.3 is 5.32 Å². The van der Waals surface area contributed by atoms with Gasteiger partial charge in [-0.1, -0.05) is 28.4 Å². The normalized spacial score (nSPS) is 15.6. The van der Waals surface area contributed by atoms with Gasteiger partial charge in [-0.05, 0) is 49.2 Å². The van der Waals surface area contributed by atoms with Gasteiger partial charge in [0.1, 0.15) is 5.82 Å². The van der Waals surface area contributed by atoms with Crippen LogP contribution in [0.2, 0.25) is 0 Å². The van der Waals surface area contributed by atoms with Crippen molar-refractivity contribution in [2.75, 3.05) is 18.4 Å². The topological polar surface area (TPSA) is 66.5 Å². The Hall–Kier alpha value is -1.77. The number of nitrogens with one attached hydrogen (secondary N) is 1. The van der Waals surface area contributed by atoms with Gasteiger partial charge in [-0.15, -0.1) is 0 Å². The molecule has 0 aliphatic carbocycles. The van der Waals surface area contributed by atoms with Crippen molar-refractivity contribution in [1.29, 1.82) is 0 Å². The molecule has 3 rings (SSSR count). The Balaban J connectivity index is 1.83. The molecule has 0 spiro atoms. The Morgan fingerprint density at radius 3 is 2.54 bits per heavy atom. The van der Waals surface area contributed by atoms with Crippen LogP contribution in [-0.2, 0) is 10.0 Å².